The number of rotatable bonds is 6. The Morgan fingerprint density at radius 1 is 1.40 bits per heavy atom. The van der Waals surface area contributed by atoms with Gasteiger partial charge in [-0.15, -0.1) is 0 Å². The Hall–Kier alpha value is -0.920. The second-order valence-electron chi connectivity index (χ2n) is 4.99. The van der Waals surface area contributed by atoms with Gasteiger partial charge in [0, 0.05) is 11.0 Å². The van der Waals surface area contributed by atoms with Gasteiger partial charge in [-0.05, 0) is 52.9 Å². The summed E-state index contributed by atoms with van der Waals surface area (Å²) in [5.74, 6) is -0.771. The lowest BCUT2D eigenvalue weighted by molar-refractivity contribution is 0.0696. The van der Waals surface area contributed by atoms with Crippen LogP contribution < -0.4 is 4.72 Å². The lowest BCUT2D eigenvalue weighted by atomic mass is 10.1. The van der Waals surface area contributed by atoms with Gasteiger partial charge in [0.15, 0.2) is 0 Å². The van der Waals surface area contributed by atoms with E-state index in [1.165, 1.54) is 6.07 Å². The highest BCUT2D eigenvalue weighted by Gasteiger charge is 2.21. The number of sulfonamides is 1. The van der Waals surface area contributed by atoms with Gasteiger partial charge in [0.1, 0.15) is 0 Å². The van der Waals surface area contributed by atoms with Crippen LogP contribution >= 0.6 is 15.9 Å². The predicted octanol–water partition coefficient (Wildman–Crippen LogP) is 2.78. The lowest BCUT2D eigenvalue weighted by Gasteiger charge is -2.12. The van der Waals surface area contributed by atoms with E-state index in [1.54, 1.807) is 6.92 Å². The average molecular weight is 364 g/mol. The van der Waals surface area contributed by atoms with Crippen molar-refractivity contribution in [2.45, 2.75) is 32.1 Å². The summed E-state index contributed by atoms with van der Waals surface area (Å²) in [5, 5.41) is 9.01. The number of hydrogen-bond acceptors (Lipinski definition) is 3. The summed E-state index contributed by atoms with van der Waals surface area (Å²) in [4.78, 5) is 11.0. The maximum absolute atomic E-state index is 12.2. The third kappa shape index (κ3) is 4.29. The third-order valence-electron chi connectivity index (χ3n) is 2.77. The van der Waals surface area contributed by atoms with Crippen molar-refractivity contribution >= 4 is 31.9 Å². The molecule has 20 heavy (non-hydrogen) atoms. The van der Waals surface area contributed by atoms with E-state index in [0.717, 1.165) is 6.07 Å². The lowest BCUT2D eigenvalue weighted by Crippen LogP contribution is -2.26. The molecule has 1 aromatic rings. The van der Waals surface area contributed by atoms with Gasteiger partial charge < -0.3 is 5.11 Å². The van der Waals surface area contributed by atoms with Crippen LogP contribution in [0.3, 0.4) is 0 Å². The molecule has 0 aliphatic rings. The van der Waals surface area contributed by atoms with Crippen LogP contribution in [0, 0.1) is 12.8 Å². The van der Waals surface area contributed by atoms with Gasteiger partial charge in [-0.3, -0.25) is 0 Å². The van der Waals surface area contributed by atoms with Crippen molar-refractivity contribution in [3.05, 3.63) is 27.7 Å². The summed E-state index contributed by atoms with van der Waals surface area (Å²) in [5.41, 5.74) is 0.518. The number of carboxylic acids is 1. The summed E-state index contributed by atoms with van der Waals surface area (Å²) in [6.07, 6.45) is 0.717. The maximum Gasteiger partial charge on any atom is 0.335 e. The van der Waals surface area contributed by atoms with Crippen molar-refractivity contribution < 1.29 is 18.3 Å². The second kappa shape index (κ2) is 6.69. The van der Waals surface area contributed by atoms with Crippen molar-refractivity contribution in [1.29, 1.82) is 0 Å². The molecular formula is C13H18BrNO4S. The van der Waals surface area contributed by atoms with Gasteiger partial charge in [-0.1, -0.05) is 13.8 Å². The van der Waals surface area contributed by atoms with E-state index in [2.05, 4.69) is 20.7 Å². The zero-order chi connectivity index (χ0) is 15.5. The van der Waals surface area contributed by atoms with Crippen LogP contribution in [-0.4, -0.2) is 26.0 Å². The fourth-order valence-electron chi connectivity index (χ4n) is 1.62. The Bertz CT molecular complexity index is 611. The molecule has 112 valence electrons. The van der Waals surface area contributed by atoms with Crippen molar-refractivity contribution in [3.8, 4) is 0 Å². The molecule has 0 saturated heterocycles. The quantitative estimate of drug-likeness (QED) is 0.813. The van der Waals surface area contributed by atoms with E-state index in [9.17, 15) is 13.2 Å². The molecule has 1 aromatic carbocycles. The first-order valence-electron chi connectivity index (χ1n) is 6.18. The molecule has 5 nitrogen and oxygen atoms in total. The van der Waals surface area contributed by atoms with Crippen LogP contribution in [-0.2, 0) is 10.0 Å². The second-order valence-corrected chi connectivity index (χ2v) is 7.52. The van der Waals surface area contributed by atoms with Crippen LogP contribution in [0.15, 0.2) is 21.5 Å². The maximum atomic E-state index is 12.2. The van der Waals surface area contributed by atoms with Crippen LogP contribution in [0.5, 0.6) is 0 Å². The number of halogens is 1. The van der Waals surface area contributed by atoms with Crippen molar-refractivity contribution in [2.24, 2.45) is 5.92 Å². The van der Waals surface area contributed by atoms with Crippen LogP contribution in [0.1, 0.15) is 36.2 Å². The monoisotopic (exact) mass is 363 g/mol. The molecule has 0 unspecified atom stereocenters. The van der Waals surface area contributed by atoms with Crippen LogP contribution in [0.2, 0.25) is 0 Å². The number of carbonyl (C=O) groups is 1. The Balaban J connectivity index is 3.14. The summed E-state index contributed by atoms with van der Waals surface area (Å²) in [7, 11) is -3.73. The molecule has 0 aliphatic carbocycles. The number of nitrogens with one attached hydrogen (secondary N) is 1. The van der Waals surface area contributed by atoms with Gasteiger partial charge in [-0.2, -0.15) is 0 Å². The Morgan fingerprint density at radius 3 is 2.50 bits per heavy atom. The zero-order valence-corrected chi connectivity index (χ0v) is 14.0. The molecule has 0 radical (unpaired) electrons. The predicted molar refractivity (Wildman–Crippen MR) is 80.5 cm³/mol. The molecule has 0 atom stereocenters. The van der Waals surface area contributed by atoms with E-state index < -0.39 is 16.0 Å². The van der Waals surface area contributed by atoms with Crippen LogP contribution in [0.4, 0.5) is 0 Å². The van der Waals surface area contributed by atoms with E-state index in [4.69, 9.17) is 5.11 Å². The molecule has 0 amide bonds. The summed E-state index contributed by atoms with van der Waals surface area (Å²) < 4.78 is 27.3. The summed E-state index contributed by atoms with van der Waals surface area (Å²) in [6, 6.07) is 2.59. The van der Waals surface area contributed by atoms with Crippen molar-refractivity contribution in [1.82, 2.24) is 4.72 Å². The Morgan fingerprint density at radius 2 is 2.00 bits per heavy atom. The largest absolute Gasteiger partial charge is 0.478 e. The van der Waals surface area contributed by atoms with E-state index in [1.807, 2.05) is 13.8 Å². The highest BCUT2D eigenvalue weighted by molar-refractivity contribution is 9.10. The van der Waals surface area contributed by atoms with Gasteiger partial charge >= 0.3 is 5.97 Å². The number of aromatic carboxylic acids is 1. The first-order valence-corrected chi connectivity index (χ1v) is 8.46. The molecule has 0 spiro atoms. The smallest absolute Gasteiger partial charge is 0.335 e. The zero-order valence-electron chi connectivity index (χ0n) is 11.6. The molecule has 0 heterocycles. The molecule has 2 N–H and O–H groups in total. The van der Waals surface area contributed by atoms with Gasteiger partial charge in [-0.25, -0.2) is 17.9 Å². The fraction of sp³-hybridized carbons (Fsp3) is 0.462. The number of benzene rings is 1. The van der Waals surface area contributed by atoms with Crippen LogP contribution in [0.25, 0.3) is 0 Å². The van der Waals surface area contributed by atoms with E-state index in [-0.39, 0.29) is 10.5 Å². The Kier molecular flexibility index (Phi) is 5.73. The number of aryl methyl sites for hydroxylation is 1. The minimum atomic E-state index is -3.73. The van der Waals surface area contributed by atoms with Gasteiger partial charge in [0.2, 0.25) is 10.0 Å². The topological polar surface area (TPSA) is 83.5 Å². The van der Waals surface area contributed by atoms with Crippen molar-refractivity contribution in [3.63, 3.8) is 0 Å². The van der Waals surface area contributed by atoms with E-state index >= 15 is 0 Å². The standard InChI is InChI=1S/C13H18BrNO4S/c1-8(2)4-5-15-20(18,19)11-7-10(13(16)17)6-9(3)12(11)14/h6-8,15H,4-5H2,1-3H3,(H,16,17). The Labute approximate surface area is 127 Å². The third-order valence-corrected chi connectivity index (χ3v) is 5.57. The summed E-state index contributed by atoms with van der Waals surface area (Å²) >= 11 is 3.21. The first-order chi connectivity index (χ1) is 9.15. The molecule has 7 heteroatoms. The normalized spacial score (nSPS) is 11.8. The van der Waals surface area contributed by atoms with Gasteiger partial charge in [0.05, 0.1) is 10.5 Å². The van der Waals surface area contributed by atoms with Crippen molar-refractivity contribution in [2.75, 3.05) is 6.54 Å². The average Bonchev–Trinajstić information content (AvgIpc) is 2.31. The molecule has 1 rings (SSSR count). The highest BCUT2D eigenvalue weighted by atomic mass is 79.9. The van der Waals surface area contributed by atoms with Gasteiger partial charge in [0.25, 0.3) is 0 Å². The molecule has 0 bridgehead atoms. The molecule has 0 aliphatic heterocycles. The molecular weight excluding hydrogens is 346 g/mol. The molecule has 0 aromatic heterocycles. The molecule has 0 fully saturated rings. The first kappa shape index (κ1) is 17.1. The fourth-order valence-corrected chi connectivity index (χ4v) is 3.71. The summed E-state index contributed by atoms with van der Waals surface area (Å²) in [6.45, 7) is 5.98. The molecule has 0 saturated carbocycles. The van der Waals surface area contributed by atoms with E-state index in [0.29, 0.717) is 28.9 Å². The highest BCUT2D eigenvalue weighted by Crippen LogP contribution is 2.27. The SMILES string of the molecule is Cc1cc(C(=O)O)cc(S(=O)(=O)NCCC(C)C)c1Br. The number of hydrogen-bond donors (Lipinski definition) is 2. The minimum Gasteiger partial charge on any atom is -0.478 e. The minimum absolute atomic E-state index is 0.0429. The number of carboxylic acid groups (broad SMARTS) is 1.